The molecule has 0 fully saturated rings. The van der Waals surface area contributed by atoms with Crippen LogP contribution in [0.5, 0.6) is 0 Å². The van der Waals surface area contributed by atoms with Gasteiger partial charge in [0, 0.05) is 11.8 Å². The van der Waals surface area contributed by atoms with E-state index in [4.69, 9.17) is 4.99 Å². The molecule has 148 valence electrons. The summed E-state index contributed by atoms with van der Waals surface area (Å²) in [5, 5.41) is 13.8. The molecule has 4 rings (SSSR count). The molecular formula is C27H24NOP. The topological polar surface area (TPSA) is 32.6 Å². The van der Waals surface area contributed by atoms with Crippen LogP contribution in [0.1, 0.15) is 17.2 Å². The highest BCUT2D eigenvalue weighted by Gasteiger charge is 2.18. The molecule has 0 unspecified atom stereocenters. The summed E-state index contributed by atoms with van der Waals surface area (Å²) in [7, 11) is -0.710. The van der Waals surface area contributed by atoms with Crippen molar-refractivity contribution in [1.82, 2.24) is 0 Å². The molecule has 0 aromatic heterocycles. The lowest BCUT2D eigenvalue weighted by Crippen LogP contribution is -2.23. The summed E-state index contributed by atoms with van der Waals surface area (Å²) in [6.07, 6.45) is 1.92. The van der Waals surface area contributed by atoms with Crippen molar-refractivity contribution in [2.24, 2.45) is 4.99 Å². The average Bonchev–Trinajstić information content (AvgIpc) is 2.83. The molecule has 0 saturated heterocycles. The Labute approximate surface area is 179 Å². The summed E-state index contributed by atoms with van der Waals surface area (Å²) < 4.78 is 0. The zero-order valence-corrected chi connectivity index (χ0v) is 17.6. The lowest BCUT2D eigenvalue weighted by Gasteiger charge is -2.21. The van der Waals surface area contributed by atoms with Crippen molar-refractivity contribution in [2.45, 2.75) is 6.04 Å². The Morgan fingerprint density at radius 3 is 1.73 bits per heavy atom. The molecule has 4 aromatic rings. The number of hydrogen-bond acceptors (Lipinski definition) is 2. The number of aliphatic hydroxyl groups excluding tert-OH is 1. The summed E-state index contributed by atoms with van der Waals surface area (Å²) in [6, 6.07) is 39.4. The summed E-state index contributed by atoms with van der Waals surface area (Å²) in [6.45, 7) is -0.0190. The zero-order chi connectivity index (χ0) is 20.6. The van der Waals surface area contributed by atoms with Gasteiger partial charge >= 0.3 is 0 Å². The number of nitrogens with zero attached hydrogens (tertiary/aromatic N) is 1. The fourth-order valence-corrected chi connectivity index (χ4v) is 5.89. The highest BCUT2D eigenvalue weighted by Crippen LogP contribution is 2.33. The average molecular weight is 409 g/mol. The molecule has 0 saturated carbocycles. The molecule has 3 heteroatoms. The predicted octanol–water partition coefficient (Wildman–Crippen LogP) is 4.60. The molecule has 1 N–H and O–H groups in total. The zero-order valence-electron chi connectivity index (χ0n) is 16.7. The molecule has 0 spiro atoms. The first-order valence-corrected chi connectivity index (χ1v) is 11.4. The van der Waals surface area contributed by atoms with Crippen LogP contribution in [-0.2, 0) is 0 Å². The van der Waals surface area contributed by atoms with Crippen molar-refractivity contribution in [3.63, 3.8) is 0 Å². The summed E-state index contributed by atoms with van der Waals surface area (Å²) in [4.78, 5) is 4.75. The third-order valence-electron chi connectivity index (χ3n) is 4.96. The van der Waals surface area contributed by atoms with E-state index in [0.29, 0.717) is 0 Å². The van der Waals surface area contributed by atoms with Gasteiger partial charge in [0.05, 0.1) is 12.6 Å². The monoisotopic (exact) mass is 409 g/mol. The first-order valence-electron chi connectivity index (χ1n) is 10.0. The maximum Gasteiger partial charge on any atom is 0.0979 e. The van der Waals surface area contributed by atoms with Crippen LogP contribution >= 0.6 is 7.92 Å². The van der Waals surface area contributed by atoms with Crippen molar-refractivity contribution >= 4 is 30.0 Å². The van der Waals surface area contributed by atoms with Crippen LogP contribution < -0.4 is 15.9 Å². The molecule has 0 aliphatic carbocycles. The Hall–Kier alpha value is -3.06. The van der Waals surface area contributed by atoms with Crippen LogP contribution in [0.25, 0.3) is 0 Å². The van der Waals surface area contributed by atoms with Gasteiger partial charge in [-0.3, -0.25) is 4.99 Å². The Kier molecular flexibility index (Phi) is 6.82. The Morgan fingerprint density at radius 2 is 1.17 bits per heavy atom. The fourth-order valence-electron chi connectivity index (χ4n) is 3.47. The smallest absolute Gasteiger partial charge is 0.0979 e. The highest BCUT2D eigenvalue weighted by atomic mass is 31.1. The van der Waals surface area contributed by atoms with Gasteiger partial charge in [-0.2, -0.15) is 0 Å². The number of benzene rings is 4. The van der Waals surface area contributed by atoms with Crippen molar-refractivity contribution < 1.29 is 5.11 Å². The highest BCUT2D eigenvalue weighted by molar-refractivity contribution is 7.80. The van der Waals surface area contributed by atoms with Crippen LogP contribution in [0, 0.1) is 0 Å². The minimum atomic E-state index is -0.710. The van der Waals surface area contributed by atoms with E-state index in [1.165, 1.54) is 15.9 Å². The van der Waals surface area contributed by atoms with Gasteiger partial charge in [0.25, 0.3) is 0 Å². The molecule has 0 bridgehead atoms. The summed E-state index contributed by atoms with van der Waals surface area (Å²) in [5.74, 6) is 0. The molecule has 0 amide bonds. The molecule has 30 heavy (non-hydrogen) atoms. The largest absolute Gasteiger partial charge is 0.394 e. The molecule has 2 nitrogen and oxygen atoms in total. The lowest BCUT2D eigenvalue weighted by molar-refractivity contribution is 0.269. The van der Waals surface area contributed by atoms with Crippen molar-refractivity contribution in [2.75, 3.05) is 6.61 Å². The Bertz CT molecular complexity index is 1040. The van der Waals surface area contributed by atoms with Crippen LogP contribution in [-0.4, -0.2) is 17.9 Å². The van der Waals surface area contributed by atoms with E-state index in [1.807, 2.05) is 42.6 Å². The minimum absolute atomic E-state index is 0.0190. The van der Waals surface area contributed by atoms with E-state index >= 15 is 0 Å². The second-order valence-corrected chi connectivity index (χ2v) is 9.14. The minimum Gasteiger partial charge on any atom is -0.394 e. The van der Waals surface area contributed by atoms with Gasteiger partial charge in [0.2, 0.25) is 0 Å². The van der Waals surface area contributed by atoms with E-state index in [2.05, 4.69) is 78.9 Å². The first-order chi connectivity index (χ1) is 14.9. The third-order valence-corrected chi connectivity index (χ3v) is 7.48. The van der Waals surface area contributed by atoms with Gasteiger partial charge < -0.3 is 5.11 Å². The lowest BCUT2D eigenvalue weighted by atomic mass is 10.1. The summed E-state index contributed by atoms with van der Waals surface area (Å²) >= 11 is 0. The van der Waals surface area contributed by atoms with Gasteiger partial charge in [-0.15, -0.1) is 0 Å². The Morgan fingerprint density at radius 1 is 0.667 bits per heavy atom. The molecule has 0 heterocycles. The molecule has 1 atom stereocenters. The van der Waals surface area contributed by atoms with Gasteiger partial charge in [-0.1, -0.05) is 115 Å². The standard InChI is InChI=1S/C27H24NOP/c29-21-26(22-12-4-1-5-13-22)28-20-23-14-10-11-19-27(23)30(24-15-6-2-7-16-24)25-17-8-3-9-18-25/h1-20,26,29H,21H2/t26-/m1/s1. The van der Waals surface area contributed by atoms with Gasteiger partial charge in [0.15, 0.2) is 0 Å². The van der Waals surface area contributed by atoms with E-state index in [1.54, 1.807) is 0 Å². The second-order valence-electron chi connectivity index (χ2n) is 6.95. The number of aliphatic hydroxyl groups is 1. The molecule has 0 aliphatic heterocycles. The number of hydrogen-bond donors (Lipinski definition) is 1. The van der Waals surface area contributed by atoms with E-state index < -0.39 is 7.92 Å². The van der Waals surface area contributed by atoms with E-state index in [9.17, 15) is 5.11 Å². The van der Waals surface area contributed by atoms with Crippen molar-refractivity contribution in [3.05, 3.63) is 126 Å². The third kappa shape index (κ3) is 4.74. The van der Waals surface area contributed by atoms with Gasteiger partial charge in [-0.05, 0) is 29.4 Å². The fraction of sp³-hybridized carbons (Fsp3) is 0.0741. The summed E-state index contributed by atoms with van der Waals surface area (Å²) in [5.41, 5.74) is 2.10. The second kappa shape index (κ2) is 10.1. The van der Waals surface area contributed by atoms with E-state index in [0.717, 1.165) is 11.1 Å². The molecule has 0 aliphatic rings. The maximum absolute atomic E-state index is 9.88. The van der Waals surface area contributed by atoms with Crippen LogP contribution in [0.2, 0.25) is 0 Å². The van der Waals surface area contributed by atoms with Crippen LogP contribution in [0.3, 0.4) is 0 Å². The first kappa shape index (κ1) is 20.2. The van der Waals surface area contributed by atoms with Gasteiger partial charge in [-0.25, -0.2) is 0 Å². The van der Waals surface area contributed by atoms with Crippen LogP contribution in [0.4, 0.5) is 0 Å². The quantitative estimate of drug-likeness (QED) is 0.351. The van der Waals surface area contributed by atoms with Crippen molar-refractivity contribution in [1.29, 1.82) is 0 Å². The van der Waals surface area contributed by atoms with Gasteiger partial charge in [0.1, 0.15) is 0 Å². The normalized spacial score (nSPS) is 12.3. The number of rotatable bonds is 7. The Balaban J connectivity index is 1.75. The van der Waals surface area contributed by atoms with E-state index in [-0.39, 0.29) is 12.6 Å². The molecule has 0 radical (unpaired) electrons. The predicted molar refractivity (Wildman–Crippen MR) is 129 cm³/mol. The van der Waals surface area contributed by atoms with Crippen LogP contribution in [0.15, 0.2) is 120 Å². The SMILES string of the molecule is OC[C@@H](N=Cc1ccccc1P(c1ccccc1)c1ccccc1)c1ccccc1. The maximum atomic E-state index is 9.88. The number of aliphatic imine (C=N–C) groups is 1. The molecule has 4 aromatic carbocycles. The van der Waals surface area contributed by atoms with Crippen molar-refractivity contribution in [3.8, 4) is 0 Å². The molecular weight excluding hydrogens is 385 g/mol.